The van der Waals surface area contributed by atoms with E-state index in [-0.39, 0.29) is 12.4 Å². The highest BCUT2D eigenvalue weighted by Gasteiger charge is 2.41. The molecule has 3 aromatic carbocycles. The fraction of sp³-hybridized carbons (Fsp3) is 0.250. The Morgan fingerprint density at radius 1 is 0.900 bits per heavy atom. The van der Waals surface area contributed by atoms with Crippen LogP contribution in [0.15, 0.2) is 96.1 Å². The molecule has 1 saturated heterocycles. The highest BCUT2D eigenvalue weighted by molar-refractivity contribution is 7.64. The lowest BCUT2D eigenvalue weighted by Crippen LogP contribution is -2.33. The first kappa shape index (κ1) is 20.4. The molecule has 1 fully saturated rings. The van der Waals surface area contributed by atoms with Crippen LogP contribution in [-0.2, 0) is 14.9 Å². The molecule has 1 unspecified atom stereocenters. The molecule has 0 aromatic heterocycles. The quantitative estimate of drug-likeness (QED) is 0.147. The number of hydrogen-bond acceptors (Lipinski definition) is 3. The van der Waals surface area contributed by atoms with Gasteiger partial charge in [0.05, 0.1) is 0 Å². The number of ether oxygens (including phenoxy) is 1. The highest BCUT2D eigenvalue weighted by Crippen LogP contribution is 2.55. The van der Waals surface area contributed by atoms with Crippen LogP contribution >= 0.6 is 7.14 Å². The third-order valence-corrected chi connectivity index (χ3v) is 8.45. The molecule has 6 heteroatoms. The molecule has 5 nitrogen and oxygen atoms in total. The van der Waals surface area contributed by atoms with Crippen LogP contribution in [-0.4, -0.2) is 24.7 Å². The molecule has 0 spiro atoms. The Hall–Kier alpha value is -2.84. The van der Waals surface area contributed by atoms with Crippen LogP contribution in [0.4, 0.5) is 0 Å². The predicted molar refractivity (Wildman–Crippen MR) is 120 cm³/mol. The van der Waals surface area contributed by atoms with E-state index in [1.807, 2.05) is 91.0 Å². The van der Waals surface area contributed by atoms with Gasteiger partial charge in [0.25, 0.3) is 0 Å². The van der Waals surface area contributed by atoms with Crippen LogP contribution in [0.3, 0.4) is 0 Å². The van der Waals surface area contributed by atoms with E-state index in [4.69, 9.17) is 10.3 Å². The molecule has 0 radical (unpaired) electrons. The summed E-state index contributed by atoms with van der Waals surface area (Å²) in [6.45, 7) is 0. The number of rotatable bonds is 7. The van der Waals surface area contributed by atoms with Gasteiger partial charge in [-0.3, -0.25) is 0 Å². The van der Waals surface area contributed by atoms with Gasteiger partial charge in [0.15, 0.2) is 0 Å². The maximum absolute atomic E-state index is 13.5. The molecular formula is C24H24N3O2P. The summed E-state index contributed by atoms with van der Waals surface area (Å²) < 4.78 is 20.2. The Bertz CT molecular complexity index is 971. The highest BCUT2D eigenvalue weighted by atomic mass is 31.2. The van der Waals surface area contributed by atoms with Crippen LogP contribution in [0.5, 0.6) is 0 Å². The molecule has 4 rings (SSSR count). The van der Waals surface area contributed by atoms with E-state index < -0.39 is 12.7 Å². The minimum atomic E-state index is -2.60. The van der Waals surface area contributed by atoms with Crippen molar-refractivity contribution in [2.45, 2.75) is 18.1 Å². The van der Waals surface area contributed by atoms with Gasteiger partial charge in [-0.05, 0) is 28.6 Å². The number of nitrogens with zero attached hydrogens (tertiary/aromatic N) is 3. The standard InChI is InChI=1S/C24H24N3O2P/c25-27-26-23-16-17-30(28,18-23)19-29-24(20-10-4-1-5-11-20,21-12-6-2-7-13-21)22-14-8-3-9-15-22/h1-15,23H,16-19H2/t23-,30?/m1/s1. The molecule has 30 heavy (non-hydrogen) atoms. The van der Waals surface area contributed by atoms with Gasteiger partial charge in [0.2, 0.25) is 0 Å². The molecule has 1 heterocycles. The normalized spacial score (nSPS) is 21.1. The Balaban J connectivity index is 1.80. The minimum absolute atomic E-state index is 0.142. The molecule has 0 saturated carbocycles. The Morgan fingerprint density at radius 3 is 1.80 bits per heavy atom. The monoisotopic (exact) mass is 417 g/mol. The van der Waals surface area contributed by atoms with Crippen molar-refractivity contribution in [3.63, 3.8) is 0 Å². The fourth-order valence-corrected chi connectivity index (χ4v) is 6.86. The fourth-order valence-electron chi connectivity index (χ4n) is 4.22. The van der Waals surface area contributed by atoms with Gasteiger partial charge >= 0.3 is 0 Å². The van der Waals surface area contributed by atoms with Crippen LogP contribution in [0.1, 0.15) is 23.1 Å². The molecular weight excluding hydrogens is 393 g/mol. The molecule has 0 N–H and O–H groups in total. The smallest absolute Gasteiger partial charge is 0.144 e. The zero-order valence-electron chi connectivity index (χ0n) is 16.7. The van der Waals surface area contributed by atoms with E-state index in [2.05, 4.69) is 10.0 Å². The summed E-state index contributed by atoms with van der Waals surface area (Å²) in [5, 5.41) is 3.79. The lowest BCUT2D eigenvalue weighted by molar-refractivity contribution is 0.0424. The lowest BCUT2D eigenvalue weighted by Gasteiger charge is -2.36. The number of benzene rings is 3. The van der Waals surface area contributed by atoms with Gasteiger partial charge in [-0.25, -0.2) is 0 Å². The summed E-state index contributed by atoms with van der Waals surface area (Å²) in [7, 11) is -2.60. The summed E-state index contributed by atoms with van der Waals surface area (Å²) in [4.78, 5) is 2.90. The molecule has 2 atom stereocenters. The summed E-state index contributed by atoms with van der Waals surface area (Å²) in [5.41, 5.74) is 10.8. The van der Waals surface area contributed by atoms with E-state index >= 15 is 0 Å². The lowest BCUT2D eigenvalue weighted by atomic mass is 9.80. The van der Waals surface area contributed by atoms with E-state index in [1.54, 1.807) is 0 Å². The van der Waals surface area contributed by atoms with Crippen molar-refractivity contribution >= 4 is 7.14 Å². The maximum Gasteiger partial charge on any atom is 0.144 e. The molecule has 0 bridgehead atoms. The average Bonchev–Trinajstić information content (AvgIpc) is 3.17. The predicted octanol–water partition coefficient (Wildman–Crippen LogP) is 6.40. The SMILES string of the molecule is [N-]=[N+]=N[C@@H]1CCP(=O)(COC(c2ccccc2)(c2ccccc2)c2ccccc2)C1. The first-order chi connectivity index (χ1) is 14.7. The molecule has 3 aromatic rings. The average molecular weight is 417 g/mol. The number of azide groups is 1. The van der Waals surface area contributed by atoms with Crippen molar-refractivity contribution < 1.29 is 9.30 Å². The molecule has 1 aliphatic heterocycles. The zero-order valence-corrected chi connectivity index (χ0v) is 17.6. The zero-order chi connectivity index (χ0) is 20.9. The van der Waals surface area contributed by atoms with E-state index in [1.165, 1.54) is 0 Å². The molecule has 0 aliphatic carbocycles. The van der Waals surface area contributed by atoms with Crippen molar-refractivity contribution in [1.29, 1.82) is 0 Å². The summed E-state index contributed by atoms with van der Waals surface area (Å²) in [5.74, 6) is 0. The third kappa shape index (κ3) is 4.06. The van der Waals surface area contributed by atoms with Crippen LogP contribution < -0.4 is 0 Å². The maximum atomic E-state index is 13.5. The van der Waals surface area contributed by atoms with Gasteiger partial charge in [0.1, 0.15) is 19.1 Å². The van der Waals surface area contributed by atoms with Crippen molar-refractivity contribution in [2.24, 2.45) is 5.11 Å². The van der Waals surface area contributed by atoms with Gasteiger partial charge in [-0.1, -0.05) is 96.1 Å². The van der Waals surface area contributed by atoms with Gasteiger partial charge in [-0.15, -0.1) is 0 Å². The Kier molecular flexibility index (Phi) is 6.06. The van der Waals surface area contributed by atoms with Crippen LogP contribution in [0.25, 0.3) is 10.4 Å². The van der Waals surface area contributed by atoms with E-state index in [0.29, 0.717) is 18.7 Å². The second-order valence-corrected chi connectivity index (χ2v) is 10.9. The largest absolute Gasteiger partial charge is 0.353 e. The van der Waals surface area contributed by atoms with Crippen LogP contribution in [0, 0.1) is 0 Å². The van der Waals surface area contributed by atoms with E-state index in [0.717, 1.165) is 16.7 Å². The Labute approximate surface area is 176 Å². The summed E-state index contributed by atoms with van der Waals surface area (Å²) >= 11 is 0. The summed E-state index contributed by atoms with van der Waals surface area (Å²) in [6, 6.07) is 30.0. The molecule has 0 amide bonds. The summed E-state index contributed by atoms with van der Waals surface area (Å²) in [6.07, 6.45) is 1.75. The molecule has 152 valence electrons. The second kappa shape index (κ2) is 8.89. The second-order valence-electron chi connectivity index (χ2n) is 7.66. The number of hydrogen-bond donors (Lipinski definition) is 0. The molecule has 1 aliphatic rings. The van der Waals surface area contributed by atoms with Gasteiger partial charge in [0, 0.05) is 23.3 Å². The van der Waals surface area contributed by atoms with Gasteiger partial charge in [-0.2, -0.15) is 0 Å². The van der Waals surface area contributed by atoms with Crippen LogP contribution in [0.2, 0.25) is 0 Å². The first-order valence-corrected chi connectivity index (χ1v) is 12.3. The van der Waals surface area contributed by atoms with Crippen molar-refractivity contribution in [3.05, 3.63) is 118 Å². The first-order valence-electron chi connectivity index (χ1n) is 10.1. The van der Waals surface area contributed by atoms with E-state index in [9.17, 15) is 4.57 Å². The van der Waals surface area contributed by atoms with Gasteiger partial charge < -0.3 is 9.30 Å². The van der Waals surface area contributed by atoms with Crippen molar-refractivity contribution in [2.75, 3.05) is 18.7 Å². The van der Waals surface area contributed by atoms with Crippen molar-refractivity contribution in [1.82, 2.24) is 0 Å². The topological polar surface area (TPSA) is 75.1 Å². The Morgan fingerprint density at radius 2 is 1.37 bits per heavy atom. The minimum Gasteiger partial charge on any atom is -0.353 e. The third-order valence-electron chi connectivity index (χ3n) is 5.69. The van der Waals surface area contributed by atoms with Crippen molar-refractivity contribution in [3.8, 4) is 0 Å².